The molecule has 2 aliphatic rings. The topological polar surface area (TPSA) is 52.6 Å². The number of esters is 1. The molecule has 4 nitrogen and oxygen atoms in total. The first kappa shape index (κ1) is 22.6. The zero-order valence-corrected chi connectivity index (χ0v) is 19.5. The summed E-state index contributed by atoms with van der Waals surface area (Å²) in [5.41, 5.74) is -0.656. The molecule has 0 aromatic rings. The van der Waals surface area contributed by atoms with Gasteiger partial charge in [-0.2, -0.15) is 0 Å². The number of ketones is 1. The zero-order chi connectivity index (χ0) is 20.5. The average Bonchev–Trinajstić information content (AvgIpc) is 2.90. The molecule has 1 unspecified atom stereocenters. The molecule has 0 spiro atoms. The van der Waals surface area contributed by atoms with Crippen molar-refractivity contribution >= 4 is 20.1 Å². The van der Waals surface area contributed by atoms with Gasteiger partial charge in [0.25, 0.3) is 0 Å². The molecule has 27 heavy (non-hydrogen) atoms. The van der Waals surface area contributed by atoms with Crippen LogP contribution in [-0.4, -0.2) is 32.8 Å². The molecule has 0 bridgehead atoms. The van der Waals surface area contributed by atoms with E-state index >= 15 is 0 Å². The molecule has 2 rings (SSSR count). The Labute approximate surface area is 166 Å². The van der Waals surface area contributed by atoms with Crippen LogP contribution in [0.15, 0.2) is 0 Å². The number of hydrogen-bond donors (Lipinski definition) is 0. The molecule has 5 atom stereocenters. The molecule has 5 heteroatoms. The molecule has 0 aromatic carbocycles. The Morgan fingerprint density at radius 1 is 1.33 bits per heavy atom. The van der Waals surface area contributed by atoms with Crippen LogP contribution in [0.25, 0.3) is 0 Å². The molecule has 2 aliphatic carbocycles. The lowest BCUT2D eigenvalue weighted by molar-refractivity contribution is -0.159. The fraction of sp³-hybridized carbons (Fsp3) is 0.909. The lowest BCUT2D eigenvalue weighted by Crippen LogP contribution is -2.47. The van der Waals surface area contributed by atoms with Gasteiger partial charge in [0, 0.05) is 12.3 Å². The first-order valence-electron chi connectivity index (χ1n) is 10.7. The van der Waals surface area contributed by atoms with E-state index in [4.69, 9.17) is 9.16 Å². The Hall–Kier alpha value is -0.683. The van der Waals surface area contributed by atoms with E-state index in [1.165, 1.54) is 20.0 Å². The Kier molecular flexibility index (Phi) is 7.00. The molecule has 0 heterocycles. The quantitative estimate of drug-likeness (QED) is 0.409. The second-order valence-electron chi connectivity index (χ2n) is 10.4. The third kappa shape index (κ3) is 5.03. The summed E-state index contributed by atoms with van der Waals surface area (Å²) in [5, 5.41) is 0. The Balaban J connectivity index is 1.97. The van der Waals surface area contributed by atoms with Crippen LogP contribution in [0.5, 0.6) is 0 Å². The van der Waals surface area contributed by atoms with Crippen LogP contribution >= 0.6 is 0 Å². The normalized spacial score (nSPS) is 31.9. The maximum absolute atomic E-state index is 12.4. The highest BCUT2D eigenvalue weighted by Crippen LogP contribution is 2.57. The highest BCUT2D eigenvalue weighted by Gasteiger charge is 2.52. The fourth-order valence-electron chi connectivity index (χ4n) is 5.95. The van der Waals surface area contributed by atoms with Crippen molar-refractivity contribution in [1.82, 2.24) is 0 Å². The second-order valence-corrected chi connectivity index (χ2v) is 14.8. The molecule has 0 amide bonds. The maximum Gasteiger partial charge on any atom is 0.336 e. The van der Waals surface area contributed by atoms with Gasteiger partial charge in [0.1, 0.15) is 5.78 Å². The summed E-state index contributed by atoms with van der Waals surface area (Å²) >= 11 is 0. The summed E-state index contributed by atoms with van der Waals surface area (Å²) in [5.74, 6) is 1.71. The summed E-state index contributed by atoms with van der Waals surface area (Å²) in [4.78, 5) is 24.7. The van der Waals surface area contributed by atoms with Gasteiger partial charge >= 0.3 is 5.97 Å². The molecular formula is C22H40O4Si. The standard InChI is InChI=1S/C22H40O4Si/c1-16(17-12-13-18-19(23)11-9-14-21(17,18)2)10-8-15-22(3,20(24)25-4)26-27(5,6)7/h16-18H,8-15H2,1-7H3/t16-,17-,18?,21-,22-/m1/s1. The Morgan fingerprint density at radius 3 is 2.59 bits per heavy atom. The molecule has 156 valence electrons. The summed E-state index contributed by atoms with van der Waals surface area (Å²) < 4.78 is 11.3. The van der Waals surface area contributed by atoms with Crippen LogP contribution in [0.1, 0.15) is 72.1 Å². The molecule has 0 radical (unpaired) electrons. The molecule has 2 saturated carbocycles. The van der Waals surface area contributed by atoms with Crippen LogP contribution in [0.4, 0.5) is 0 Å². The predicted molar refractivity (Wildman–Crippen MR) is 111 cm³/mol. The van der Waals surface area contributed by atoms with Crippen LogP contribution in [0.2, 0.25) is 19.6 Å². The molecule has 0 saturated heterocycles. The first-order valence-corrected chi connectivity index (χ1v) is 14.1. The van der Waals surface area contributed by atoms with Crippen LogP contribution in [-0.2, 0) is 18.8 Å². The van der Waals surface area contributed by atoms with Crippen molar-refractivity contribution in [2.24, 2.45) is 23.2 Å². The molecule has 0 aromatic heterocycles. The molecule has 0 aliphatic heterocycles. The van der Waals surface area contributed by atoms with Gasteiger partial charge in [-0.05, 0) is 82.3 Å². The summed E-state index contributed by atoms with van der Waals surface area (Å²) in [7, 11) is -0.415. The summed E-state index contributed by atoms with van der Waals surface area (Å²) in [6.45, 7) is 12.9. The third-order valence-electron chi connectivity index (χ3n) is 7.09. The van der Waals surface area contributed by atoms with Crippen molar-refractivity contribution < 1.29 is 18.8 Å². The van der Waals surface area contributed by atoms with Crippen molar-refractivity contribution in [2.45, 2.75) is 97.4 Å². The monoisotopic (exact) mass is 396 g/mol. The number of fused-ring (bicyclic) bond motifs is 1. The van der Waals surface area contributed by atoms with E-state index in [9.17, 15) is 9.59 Å². The number of carbonyl (C=O) groups excluding carboxylic acids is 2. The maximum atomic E-state index is 12.4. The Morgan fingerprint density at radius 2 is 2.00 bits per heavy atom. The predicted octanol–water partition coefficient (Wildman–Crippen LogP) is 5.36. The second kappa shape index (κ2) is 8.36. The third-order valence-corrected chi connectivity index (χ3v) is 8.15. The highest BCUT2D eigenvalue weighted by atomic mass is 28.4. The number of rotatable bonds is 8. The minimum atomic E-state index is -1.86. The first-order chi connectivity index (χ1) is 12.4. The van der Waals surface area contributed by atoms with Crippen molar-refractivity contribution in [3.8, 4) is 0 Å². The minimum absolute atomic E-state index is 0.190. The van der Waals surface area contributed by atoms with Gasteiger partial charge in [-0.15, -0.1) is 0 Å². The van der Waals surface area contributed by atoms with E-state index in [-0.39, 0.29) is 17.3 Å². The summed E-state index contributed by atoms with van der Waals surface area (Å²) in [6, 6.07) is 0. The SMILES string of the molecule is COC(=O)[C@@](C)(CCC[C@@H](C)[C@H]1CCC2C(=O)CCC[C@@]21C)O[Si](C)(C)C. The van der Waals surface area contributed by atoms with Gasteiger partial charge in [0.05, 0.1) is 7.11 Å². The highest BCUT2D eigenvalue weighted by molar-refractivity contribution is 6.70. The van der Waals surface area contributed by atoms with Crippen molar-refractivity contribution in [1.29, 1.82) is 0 Å². The molecular weight excluding hydrogens is 356 g/mol. The lowest BCUT2D eigenvalue weighted by atomic mass is 9.62. The van der Waals surface area contributed by atoms with Crippen molar-refractivity contribution in [3.63, 3.8) is 0 Å². The van der Waals surface area contributed by atoms with Gasteiger partial charge in [-0.1, -0.05) is 20.3 Å². The fourth-order valence-corrected chi connectivity index (χ4v) is 7.49. The van der Waals surface area contributed by atoms with E-state index in [2.05, 4.69) is 33.5 Å². The smallest absolute Gasteiger partial charge is 0.336 e. The van der Waals surface area contributed by atoms with Crippen LogP contribution in [0.3, 0.4) is 0 Å². The number of hydrogen-bond acceptors (Lipinski definition) is 4. The van der Waals surface area contributed by atoms with E-state index in [1.54, 1.807) is 0 Å². The minimum Gasteiger partial charge on any atom is -0.467 e. The van der Waals surface area contributed by atoms with Crippen molar-refractivity contribution in [3.05, 3.63) is 0 Å². The number of methoxy groups -OCH3 is 1. The Bertz CT molecular complexity index is 555. The van der Waals surface area contributed by atoms with E-state index in [0.29, 0.717) is 24.0 Å². The van der Waals surface area contributed by atoms with Gasteiger partial charge in [-0.3, -0.25) is 4.79 Å². The van der Waals surface area contributed by atoms with Crippen molar-refractivity contribution in [2.75, 3.05) is 7.11 Å². The number of carbonyl (C=O) groups is 2. The van der Waals surface area contributed by atoms with Gasteiger partial charge < -0.3 is 9.16 Å². The number of Topliss-reactive ketones (excluding diaryl/α,β-unsaturated/α-hetero) is 1. The van der Waals surface area contributed by atoms with Gasteiger partial charge in [0.2, 0.25) is 0 Å². The van der Waals surface area contributed by atoms with E-state index in [0.717, 1.165) is 32.1 Å². The molecule has 0 N–H and O–H groups in total. The summed E-state index contributed by atoms with van der Waals surface area (Å²) in [6.07, 6.45) is 7.99. The van der Waals surface area contributed by atoms with Gasteiger partial charge in [-0.25, -0.2) is 4.79 Å². The lowest BCUT2D eigenvalue weighted by Gasteiger charge is -2.42. The zero-order valence-electron chi connectivity index (χ0n) is 18.5. The average molecular weight is 397 g/mol. The van der Waals surface area contributed by atoms with E-state index < -0.39 is 13.9 Å². The van der Waals surface area contributed by atoms with Gasteiger partial charge in [0.15, 0.2) is 13.9 Å². The van der Waals surface area contributed by atoms with E-state index in [1.807, 2.05) is 6.92 Å². The largest absolute Gasteiger partial charge is 0.467 e. The number of ether oxygens (including phenoxy) is 1. The molecule has 2 fully saturated rings. The van der Waals surface area contributed by atoms with Crippen LogP contribution < -0.4 is 0 Å². The van der Waals surface area contributed by atoms with Crippen LogP contribution in [0, 0.1) is 23.2 Å².